The van der Waals surface area contributed by atoms with E-state index in [1.165, 1.54) is 0 Å². The summed E-state index contributed by atoms with van der Waals surface area (Å²) < 4.78 is 15.9. The molecular formula is C20H28N2O5. The van der Waals surface area contributed by atoms with Gasteiger partial charge in [0.2, 0.25) is 5.91 Å². The molecule has 1 aromatic heterocycles. The van der Waals surface area contributed by atoms with Crippen molar-refractivity contribution in [3.63, 3.8) is 0 Å². The maximum atomic E-state index is 11.8. The average molecular weight is 376 g/mol. The molecule has 0 aliphatic rings. The number of aromatic nitrogens is 1. The van der Waals surface area contributed by atoms with Gasteiger partial charge in [-0.1, -0.05) is 0 Å². The Balaban J connectivity index is 1.92. The Kier molecular flexibility index (Phi) is 7.82. The van der Waals surface area contributed by atoms with E-state index in [1.54, 1.807) is 6.07 Å². The number of amides is 1. The molecule has 27 heavy (non-hydrogen) atoms. The smallest absolute Gasteiger partial charge is 0.337 e. The number of carbonyl (C=O) groups is 2. The fourth-order valence-electron chi connectivity index (χ4n) is 2.45. The first-order valence-electron chi connectivity index (χ1n) is 9.15. The number of benzene rings is 1. The summed E-state index contributed by atoms with van der Waals surface area (Å²) in [6.45, 7) is 7.97. The third-order valence-electron chi connectivity index (χ3n) is 3.77. The van der Waals surface area contributed by atoms with Crippen molar-refractivity contribution in [2.75, 3.05) is 19.8 Å². The van der Waals surface area contributed by atoms with Gasteiger partial charge in [0, 0.05) is 23.6 Å². The predicted molar refractivity (Wildman–Crippen MR) is 103 cm³/mol. The monoisotopic (exact) mass is 376 g/mol. The van der Waals surface area contributed by atoms with E-state index in [0.29, 0.717) is 18.7 Å². The number of hydrogen-bond acceptors (Lipinski definition) is 5. The van der Waals surface area contributed by atoms with Crippen LogP contribution in [0.5, 0.6) is 5.75 Å². The van der Waals surface area contributed by atoms with Gasteiger partial charge >= 0.3 is 5.97 Å². The van der Waals surface area contributed by atoms with Crippen molar-refractivity contribution in [3.8, 4) is 5.75 Å². The second kappa shape index (κ2) is 10.1. The van der Waals surface area contributed by atoms with Crippen molar-refractivity contribution in [3.05, 3.63) is 30.0 Å². The molecule has 1 heterocycles. The van der Waals surface area contributed by atoms with Crippen LogP contribution in [0.25, 0.3) is 10.9 Å². The van der Waals surface area contributed by atoms with Crippen LogP contribution in [0.4, 0.5) is 0 Å². The van der Waals surface area contributed by atoms with E-state index < -0.39 is 5.97 Å². The van der Waals surface area contributed by atoms with Gasteiger partial charge in [-0.2, -0.15) is 0 Å². The Morgan fingerprint density at radius 2 is 1.78 bits per heavy atom. The van der Waals surface area contributed by atoms with Gasteiger partial charge in [0.25, 0.3) is 0 Å². The average Bonchev–Trinajstić information content (AvgIpc) is 3.00. The number of ether oxygens (including phenoxy) is 3. The Hall–Kier alpha value is -2.38. The van der Waals surface area contributed by atoms with E-state index >= 15 is 0 Å². The number of fused-ring (bicyclic) bond motifs is 1. The second-order valence-electron chi connectivity index (χ2n) is 6.81. The minimum absolute atomic E-state index is 0.0245. The third kappa shape index (κ3) is 7.03. The van der Waals surface area contributed by atoms with Gasteiger partial charge < -0.3 is 24.5 Å². The lowest BCUT2D eigenvalue weighted by Crippen LogP contribution is -2.30. The molecule has 0 aliphatic heterocycles. The van der Waals surface area contributed by atoms with Gasteiger partial charge in [-0.25, -0.2) is 4.79 Å². The van der Waals surface area contributed by atoms with Crippen molar-refractivity contribution in [1.82, 2.24) is 10.3 Å². The quantitative estimate of drug-likeness (QED) is 0.491. The van der Waals surface area contributed by atoms with E-state index in [2.05, 4.69) is 10.3 Å². The van der Waals surface area contributed by atoms with Crippen LogP contribution in [0.1, 0.15) is 33.3 Å². The third-order valence-corrected chi connectivity index (χ3v) is 3.77. The minimum atomic E-state index is -0.433. The molecule has 2 aromatic rings. The predicted octanol–water partition coefficient (Wildman–Crippen LogP) is 2.58. The normalized spacial score (nSPS) is 11.3. The molecule has 7 nitrogen and oxygen atoms in total. The topological polar surface area (TPSA) is 89.6 Å². The molecule has 0 spiro atoms. The summed E-state index contributed by atoms with van der Waals surface area (Å²) in [5.74, 6) is -0.101. The standard InChI is InChI=1S/C20H28N2O5/c1-13(2)25-11-19(23)21-8-7-15-10-22-18-6-5-16(9-17(15)18)27-20(24)12-26-14(3)4/h5-6,9-10,13-14,22H,7-8,11-12H2,1-4H3,(H,21,23). The van der Waals surface area contributed by atoms with E-state index in [0.717, 1.165) is 16.5 Å². The Morgan fingerprint density at radius 3 is 2.48 bits per heavy atom. The van der Waals surface area contributed by atoms with Crippen LogP contribution in [-0.4, -0.2) is 48.8 Å². The molecule has 2 rings (SSSR count). The van der Waals surface area contributed by atoms with Gasteiger partial charge in [-0.3, -0.25) is 4.79 Å². The first-order chi connectivity index (χ1) is 12.8. The fraction of sp³-hybridized carbons (Fsp3) is 0.500. The zero-order valence-electron chi connectivity index (χ0n) is 16.3. The number of nitrogens with one attached hydrogen (secondary N) is 2. The van der Waals surface area contributed by atoms with Crippen LogP contribution >= 0.6 is 0 Å². The number of esters is 1. The molecule has 1 aromatic carbocycles. The highest BCUT2D eigenvalue weighted by Gasteiger charge is 2.10. The fourth-order valence-corrected chi connectivity index (χ4v) is 2.45. The van der Waals surface area contributed by atoms with Crippen LogP contribution in [0.2, 0.25) is 0 Å². The van der Waals surface area contributed by atoms with E-state index in [9.17, 15) is 9.59 Å². The molecule has 0 atom stereocenters. The SMILES string of the molecule is CC(C)OCC(=O)NCCc1c[nH]c2ccc(OC(=O)COC(C)C)cc12. The molecule has 0 aliphatic carbocycles. The van der Waals surface area contributed by atoms with Crippen molar-refractivity contribution in [1.29, 1.82) is 0 Å². The Labute approximate surface area is 159 Å². The number of aromatic amines is 1. The maximum Gasteiger partial charge on any atom is 0.337 e. The number of H-pyrrole nitrogens is 1. The Morgan fingerprint density at radius 1 is 1.07 bits per heavy atom. The summed E-state index contributed by atoms with van der Waals surface area (Å²) in [5, 5.41) is 3.79. The summed E-state index contributed by atoms with van der Waals surface area (Å²) in [6.07, 6.45) is 2.55. The van der Waals surface area contributed by atoms with Crippen LogP contribution < -0.4 is 10.1 Å². The Bertz CT molecular complexity index is 767. The van der Waals surface area contributed by atoms with Gasteiger partial charge in [-0.05, 0) is 57.9 Å². The molecule has 0 fully saturated rings. The molecule has 0 saturated carbocycles. The van der Waals surface area contributed by atoms with E-state index in [1.807, 2.05) is 46.0 Å². The van der Waals surface area contributed by atoms with Crippen molar-refractivity contribution >= 4 is 22.8 Å². The number of carbonyl (C=O) groups excluding carboxylic acids is 2. The first-order valence-corrected chi connectivity index (χ1v) is 9.15. The van der Waals surface area contributed by atoms with Gasteiger partial charge in [-0.15, -0.1) is 0 Å². The van der Waals surface area contributed by atoms with Gasteiger partial charge in [0.05, 0.1) is 12.2 Å². The number of hydrogen-bond donors (Lipinski definition) is 2. The molecule has 0 bridgehead atoms. The molecular weight excluding hydrogens is 348 g/mol. The first kappa shape index (κ1) is 20.9. The summed E-state index contributed by atoms with van der Waals surface area (Å²) in [7, 11) is 0. The lowest BCUT2D eigenvalue weighted by atomic mass is 10.1. The minimum Gasteiger partial charge on any atom is -0.425 e. The molecule has 7 heteroatoms. The number of rotatable bonds is 10. The zero-order valence-corrected chi connectivity index (χ0v) is 16.3. The zero-order chi connectivity index (χ0) is 19.8. The van der Waals surface area contributed by atoms with Gasteiger partial charge in [0.1, 0.15) is 19.0 Å². The molecule has 1 amide bonds. The summed E-state index contributed by atoms with van der Waals surface area (Å²) >= 11 is 0. The molecule has 2 N–H and O–H groups in total. The largest absolute Gasteiger partial charge is 0.425 e. The van der Waals surface area contributed by atoms with Crippen molar-refractivity contribution in [2.45, 2.75) is 46.3 Å². The molecule has 148 valence electrons. The lowest BCUT2D eigenvalue weighted by Gasteiger charge is -2.09. The highest BCUT2D eigenvalue weighted by Crippen LogP contribution is 2.24. The van der Waals surface area contributed by atoms with E-state index in [-0.39, 0.29) is 31.3 Å². The second-order valence-corrected chi connectivity index (χ2v) is 6.81. The maximum absolute atomic E-state index is 11.8. The van der Waals surface area contributed by atoms with Gasteiger partial charge in [0.15, 0.2) is 0 Å². The van der Waals surface area contributed by atoms with Crippen LogP contribution in [0.3, 0.4) is 0 Å². The van der Waals surface area contributed by atoms with Crippen LogP contribution in [0.15, 0.2) is 24.4 Å². The molecule has 0 saturated heterocycles. The van der Waals surface area contributed by atoms with Crippen molar-refractivity contribution < 1.29 is 23.8 Å². The highest BCUT2D eigenvalue weighted by atomic mass is 16.6. The highest BCUT2D eigenvalue weighted by molar-refractivity contribution is 5.86. The summed E-state index contributed by atoms with van der Waals surface area (Å²) in [6, 6.07) is 5.42. The van der Waals surface area contributed by atoms with E-state index in [4.69, 9.17) is 14.2 Å². The van der Waals surface area contributed by atoms with Crippen LogP contribution in [0, 0.1) is 0 Å². The summed E-state index contributed by atoms with van der Waals surface area (Å²) in [5.41, 5.74) is 1.98. The molecule has 0 radical (unpaired) electrons. The summed E-state index contributed by atoms with van der Waals surface area (Å²) in [4.78, 5) is 26.7. The molecule has 0 unspecified atom stereocenters. The lowest BCUT2D eigenvalue weighted by molar-refractivity contribution is -0.140. The van der Waals surface area contributed by atoms with Crippen LogP contribution in [-0.2, 0) is 25.5 Å². The van der Waals surface area contributed by atoms with Crippen molar-refractivity contribution in [2.24, 2.45) is 0 Å².